The van der Waals surface area contributed by atoms with Crippen LogP contribution in [0.1, 0.15) is 33.6 Å². The number of aromatic amines is 1. The fourth-order valence-electron chi connectivity index (χ4n) is 2.83. The van der Waals surface area contributed by atoms with Crippen LogP contribution < -0.4 is 16.6 Å². The number of nitrogens with two attached hydrogens (primary N) is 1. The van der Waals surface area contributed by atoms with Gasteiger partial charge in [-0.3, -0.25) is 19.4 Å². The average molecular weight is 430 g/mol. The van der Waals surface area contributed by atoms with Crippen LogP contribution in [0.3, 0.4) is 0 Å². The molecule has 30 heavy (non-hydrogen) atoms. The minimum absolute atomic E-state index is 0.0549. The Labute approximate surface area is 173 Å². The molecule has 0 aliphatic heterocycles. The van der Waals surface area contributed by atoms with Gasteiger partial charge in [-0.15, -0.1) is 11.3 Å². The number of carbonyl (C=O) groups is 3. The summed E-state index contributed by atoms with van der Waals surface area (Å²) in [6.45, 7) is 0. The summed E-state index contributed by atoms with van der Waals surface area (Å²) in [7, 11) is 0. The molecule has 0 aliphatic carbocycles. The van der Waals surface area contributed by atoms with E-state index < -0.39 is 23.9 Å². The van der Waals surface area contributed by atoms with Crippen molar-refractivity contribution >= 4 is 45.3 Å². The van der Waals surface area contributed by atoms with Gasteiger partial charge < -0.3 is 21.3 Å². The molecule has 0 aliphatic rings. The van der Waals surface area contributed by atoms with E-state index >= 15 is 0 Å². The summed E-state index contributed by atoms with van der Waals surface area (Å²) in [5.74, 6) is -2.98. The second-order valence-electron chi connectivity index (χ2n) is 6.55. The third kappa shape index (κ3) is 5.00. The molecule has 2 heterocycles. The number of amides is 1. The van der Waals surface area contributed by atoms with Gasteiger partial charge >= 0.3 is 11.9 Å². The van der Waals surface area contributed by atoms with E-state index in [-0.39, 0.29) is 29.9 Å². The van der Waals surface area contributed by atoms with Crippen molar-refractivity contribution in [3.8, 4) is 0 Å². The van der Waals surface area contributed by atoms with Crippen LogP contribution in [0.4, 0.5) is 5.95 Å². The van der Waals surface area contributed by atoms with Crippen LogP contribution in [0.2, 0.25) is 0 Å². The van der Waals surface area contributed by atoms with Gasteiger partial charge in [0.15, 0.2) is 0 Å². The van der Waals surface area contributed by atoms with Crippen molar-refractivity contribution in [2.24, 2.45) is 0 Å². The molecule has 10 nitrogen and oxygen atoms in total. The van der Waals surface area contributed by atoms with Crippen LogP contribution in [0.15, 0.2) is 35.1 Å². The Balaban J connectivity index is 1.69. The minimum atomic E-state index is -1.30. The van der Waals surface area contributed by atoms with Crippen LogP contribution in [0, 0.1) is 0 Å². The molecule has 1 aromatic carbocycles. The van der Waals surface area contributed by atoms with Crippen molar-refractivity contribution < 1.29 is 24.6 Å². The lowest BCUT2D eigenvalue weighted by Gasteiger charge is -2.13. The van der Waals surface area contributed by atoms with Gasteiger partial charge in [-0.05, 0) is 30.2 Å². The van der Waals surface area contributed by atoms with Gasteiger partial charge in [-0.25, -0.2) is 9.78 Å². The summed E-state index contributed by atoms with van der Waals surface area (Å²) in [4.78, 5) is 54.0. The van der Waals surface area contributed by atoms with Crippen molar-refractivity contribution in [3.05, 3.63) is 56.7 Å². The molecule has 0 bridgehead atoms. The van der Waals surface area contributed by atoms with Gasteiger partial charge in [-0.2, -0.15) is 0 Å². The van der Waals surface area contributed by atoms with Gasteiger partial charge in [0.05, 0.1) is 5.39 Å². The quantitative estimate of drug-likeness (QED) is 0.354. The molecule has 3 aromatic rings. The standard InChI is InChI=1S/C19H18N4O6S/c20-19-22-16(27)12-8-11(30-17(12)23-19)7-9-1-3-10(4-2-9)15(26)21-13(18(28)29)5-6-14(24)25/h1-4,8,13H,5-7H2,(H,21,26)(H,24,25)(H,28,29)(H3,20,22,23,27). The summed E-state index contributed by atoms with van der Waals surface area (Å²) < 4.78 is 0. The molecule has 1 unspecified atom stereocenters. The lowest BCUT2D eigenvalue weighted by molar-refractivity contribution is -0.140. The molecule has 3 rings (SSSR count). The second kappa shape index (κ2) is 8.74. The SMILES string of the molecule is Nc1nc2sc(Cc3ccc(C(=O)NC(CCC(=O)O)C(=O)O)cc3)cc2c(=O)[nH]1. The van der Waals surface area contributed by atoms with Crippen LogP contribution in [0.5, 0.6) is 0 Å². The minimum Gasteiger partial charge on any atom is -0.481 e. The first-order valence-electron chi connectivity index (χ1n) is 8.85. The lowest BCUT2D eigenvalue weighted by Crippen LogP contribution is -2.41. The molecule has 156 valence electrons. The highest BCUT2D eigenvalue weighted by Gasteiger charge is 2.21. The summed E-state index contributed by atoms with van der Waals surface area (Å²) in [5.41, 5.74) is 6.38. The number of rotatable bonds is 8. The molecule has 0 radical (unpaired) electrons. The molecular formula is C19H18N4O6S. The average Bonchev–Trinajstić information content (AvgIpc) is 3.07. The number of anilines is 1. The monoisotopic (exact) mass is 430 g/mol. The number of hydrogen-bond donors (Lipinski definition) is 5. The van der Waals surface area contributed by atoms with E-state index in [0.717, 1.165) is 10.4 Å². The number of fused-ring (bicyclic) bond motifs is 1. The molecule has 1 amide bonds. The first-order chi connectivity index (χ1) is 14.2. The topological polar surface area (TPSA) is 175 Å². The van der Waals surface area contributed by atoms with Crippen molar-refractivity contribution in [2.75, 3.05) is 5.73 Å². The number of nitrogen functional groups attached to an aromatic ring is 1. The molecule has 1 atom stereocenters. The van der Waals surface area contributed by atoms with E-state index in [9.17, 15) is 19.2 Å². The van der Waals surface area contributed by atoms with Gasteiger partial charge in [0.25, 0.3) is 11.5 Å². The number of thiophene rings is 1. The first-order valence-corrected chi connectivity index (χ1v) is 9.67. The Morgan fingerprint density at radius 1 is 1.20 bits per heavy atom. The van der Waals surface area contributed by atoms with Crippen molar-refractivity contribution in [1.29, 1.82) is 0 Å². The molecule has 11 heteroatoms. The van der Waals surface area contributed by atoms with Crippen molar-refractivity contribution in [3.63, 3.8) is 0 Å². The molecule has 6 N–H and O–H groups in total. The van der Waals surface area contributed by atoms with Crippen molar-refractivity contribution in [1.82, 2.24) is 15.3 Å². The number of carboxylic acid groups (broad SMARTS) is 2. The largest absolute Gasteiger partial charge is 0.481 e. The number of nitrogens with one attached hydrogen (secondary N) is 2. The lowest BCUT2D eigenvalue weighted by atomic mass is 10.1. The molecular weight excluding hydrogens is 412 g/mol. The predicted octanol–water partition coefficient (Wildman–Crippen LogP) is 1.21. The zero-order chi connectivity index (χ0) is 21.8. The van der Waals surface area contributed by atoms with Crippen LogP contribution in [-0.2, 0) is 16.0 Å². The number of aromatic nitrogens is 2. The Morgan fingerprint density at radius 2 is 1.90 bits per heavy atom. The zero-order valence-electron chi connectivity index (χ0n) is 15.5. The van der Waals surface area contributed by atoms with Gasteiger partial charge in [0.2, 0.25) is 5.95 Å². The van der Waals surface area contributed by atoms with Gasteiger partial charge in [0.1, 0.15) is 10.9 Å². The number of nitrogens with zero attached hydrogens (tertiary/aromatic N) is 1. The highest BCUT2D eigenvalue weighted by atomic mass is 32.1. The zero-order valence-corrected chi connectivity index (χ0v) is 16.4. The summed E-state index contributed by atoms with van der Waals surface area (Å²) in [5, 5.41) is 20.6. The van der Waals surface area contributed by atoms with Crippen LogP contribution in [-0.4, -0.2) is 44.1 Å². The maximum Gasteiger partial charge on any atom is 0.326 e. The number of benzene rings is 1. The molecule has 0 spiro atoms. The number of aliphatic carboxylic acids is 2. The first kappa shape index (κ1) is 21.0. The Bertz CT molecular complexity index is 1170. The van der Waals surface area contributed by atoms with E-state index in [4.69, 9.17) is 15.9 Å². The van der Waals surface area contributed by atoms with E-state index in [2.05, 4.69) is 15.3 Å². The molecule has 2 aromatic heterocycles. The third-order valence-corrected chi connectivity index (χ3v) is 5.35. The van der Waals surface area contributed by atoms with E-state index in [1.165, 1.54) is 11.3 Å². The summed E-state index contributed by atoms with van der Waals surface area (Å²) >= 11 is 1.35. The van der Waals surface area contributed by atoms with Crippen molar-refractivity contribution in [2.45, 2.75) is 25.3 Å². The fourth-order valence-corrected chi connectivity index (χ4v) is 3.90. The third-order valence-electron chi connectivity index (χ3n) is 4.32. The number of carboxylic acids is 2. The number of carbonyl (C=O) groups excluding carboxylic acids is 1. The fraction of sp³-hybridized carbons (Fsp3) is 0.211. The Hall–Kier alpha value is -3.73. The van der Waals surface area contributed by atoms with Gasteiger partial charge in [-0.1, -0.05) is 12.1 Å². The normalized spacial score (nSPS) is 11.9. The Kier molecular flexibility index (Phi) is 6.11. The molecule has 0 saturated heterocycles. The van der Waals surface area contributed by atoms with E-state index in [1.807, 2.05) is 0 Å². The van der Waals surface area contributed by atoms with Crippen LogP contribution in [0.25, 0.3) is 10.2 Å². The predicted molar refractivity (Wildman–Crippen MR) is 110 cm³/mol. The van der Waals surface area contributed by atoms with E-state index in [1.54, 1.807) is 30.3 Å². The summed E-state index contributed by atoms with van der Waals surface area (Å²) in [6, 6.07) is 7.00. The maximum atomic E-state index is 12.3. The number of H-pyrrole nitrogens is 1. The highest BCUT2D eigenvalue weighted by Crippen LogP contribution is 2.24. The number of hydrogen-bond acceptors (Lipinski definition) is 7. The highest BCUT2D eigenvalue weighted by molar-refractivity contribution is 7.18. The summed E-state index contributed by atoms with van der Waals surface area (Å²) in [6.07, 6.45) is -0.0641. The maximum absolute atomic E-state index is 12.3. The smallest absolute Gasteiger partial charge is 0.326 e. The molecule has 0 fully saturated rings. The van der Waals surface area contributed by atoms with Gasteiger partial charge in [0, 0.05) is 23.3 Å². The Morgan fingerprint density at radius 3 is 2.53 bits per heavy atom. The molecule has 0 saturated carbocycles. The van der Waals surface area contributed by atoms with E-state index in [0.29, 0.717) is 16.6 Å². The second-order valence-corrected chi connectivity index (χ2v) is 7.67. The van der Waals surface area contributed by atoms with Crippen LogP contribution >= 0.6 is 11.3 Å².